The maximum atomic E-state index is 2.43. The molecule has 0 aromatic heterocycles. The first-order chi connectivity index (χ1) is 8.24. The molecular weight excluding hydrogens is 303 g/mol. The molecule has 18 heavy (non-hydrogen) atoms. The number of benzene rings is 1. The van der Waals surface area contributed by atoms with Gasteiger partial charge in [0.05, 0.1) is 0 Å². The second kappa shape index (κ2) is 11.0. The van der Waals surface area contributed by atoms with Crippen LogP contribution in [0.15, 0.2) is 30.3 Å². The monoisotopic (exact) mass is 330 g/mol. The van der Waals surface area contributed by atoms with Gasteiger partial charge in [-0.25, -0.2) is 0 Å². The Morgan fingerprint density at radius 1 is 1.00 bits per heavy atom. The lowest BCUT2D eigenvalue weighted by atomic mass is 10.0. The van der Waals surface area contributed by atoms with E-state index in [1.807, 2.05) is 0 Å². The average molecular weight is 331 g/mol. The highest BCUT2D eigenvalue weighted by molar-refractivity contribution is 8.93. The van der Waals surface area contributed by atoms with E-state index in [9.17, 15) is 0 Å². The lowest BCUT2D eigenvalue weighted by molar-refractivity contribution is 0.612. The molecule has 0 radical (unpaired) electrons. The highest BCUT2D eigenvalue weighted by Crippen LogP contribution is 2.37. The van der Waals surface area contributed by atoms with Crippen LogP contribution in [0.3, 0.4) is 0 Å². The van der Waals surface area contributed by atoms with Crippen molar-refractivity contribution in [1.29, 1.82) is 0 Å². The van der Waals surface area contributed by atoms with Crippen LogP contribution < -0.4 is 0 Å². The molecule has 0 spiro atoms. The summed E-state index contributed by atoms with van der Waals surface area (Å²) in [5.41, 5.74) is 2.44. The summed E-state index contributed by atoms with van der Waals surface area (Å²) < 4.78 is 0. The number of hydrogen-bond donors (Lipinski definition) is 0. The lowest BCUT2D eigenvalue weighted by Crippen LogP contribution is -2.09. The Bertz CT molecular complexity index is 284. The van der Waals surface area contributed by atoms with Crippen molar-refractivity contribution in [3.8, 4) is 0 Å². The van der Waals surface area contributed by atoms with Crippen molar-refractivity contribution < 1.29 is 0 Å². The van der Waals surface area contributed by atoms with Gasteiger partial charge < -0.3 is 0 Å². The van der Waals surface area contributed by atoms with Crippen LogP contribution in [0.2, 0.25) is 0 Å². The van der Waals surface area contributed by atoms with Gasteiger partial charge in [-0.2, -0.15) is 0 Å². The Kier molecular flexibility index (Phi) is 11.1. The maximum absolute atomic E-state index is 2.43. The molecular formula is C16H28BrP. The molecule has 1 unspecified atom stereocenters. The second-order valence-corrected chi connectivity index (χ2v) is 7.81. The first-order valence-electron chi connectivity index (χ1n) is 6.94. The molecule has 0 bridgehead atoms. The summed E-state index contributed by atoms with van der Waals surface area (Å²) in [6.45, 7) is 7.15. The topological polar surface area (TPSA) is 0 Å². The number of unbranched alkanes of at least 4 members (excludes halogenated alkanes) is 3. The zero-order valence-corrected chi connectivity index (χ0v) is 14.7. The first-order valence-corrected chi connectivity index (χ1v) is 9.25. The van der Waals surface area contributed by atoms with Gasteiger partial charge in [-0.3, -0.25) is 0 Å². The molecule has 0 nitrogen and oxygen atoms in total. The van der Waals surface area contributed by atoms with Crippen LogP contribution >= 0.6 is 24.9 Å². The zero-order chi connectivity index (χ0) is 12.5. The molecule has 0 amide bonds. The fourth-order valence-corrected chi connectivity index (χ4v) is 3.51. The van der Waals surface area contributed by atoms with Crippen LogP contribution in [0.5, 0.6) is 0 Å². The number of halogens is 1. The SMILES string of the molecule is Br.CCCCCCC(Cc1ccccc1)P(C)C. The standard InChI is InChI=1S/C16H27P.BrH/c1-4-5-6-10-13-16(17(2)3)14-15-11-8-7-9-12-15;/h7-9,11-12,16H,4-6,10,13-14H2,1-3H3;1H. The molecule has 2 heteroatoms. The minimum absolute atomic E-state index is 0. The highest BCUT2D eigenvalue weighted by Gasteiger charge is 2.12. The third kappa shape index (κ3) is 7.54. The van der Waals surface area contributed by atoms with Crippen molar-refractivity contribution in [2.45, 2.75) is 51.1 Å². The van der Waals surface area contributed by atoms with E-state index in [0.717, 1.165) is 5.66 Å². The average Bonchev–Trinajstić information content (AvgIpc) is 2.34. The summed E-state index contributed by atoms with van der Waals surface area (Å²) >= 11 is 0. The van der Waals surface area contributed by atoms with Crippen molar-refractivity contribution in [3.63, 3.8) is 0 Å². The predicted molar refractivity (Wildman–Crippen MR) is 91.8 cm³/mol. The molecule has 0 aliphatic carbocycles. The van der Waals surface area contributed by atoms with E-state index in [-0.39, 0.29) is 24.9 Å². The summed E-state index contributed by atoms with van der Waals surface area (Å²) in [5.74, 6) is 0. The molecule has 0 saturated heterocycles. The molecule has 1 aromatic rings. The van der Waals surface area contributed by atoms with E-state index in [1.54, 1.807) is 0 Å². The van der Waals surface area contributed by atoms with Crippen molar-refractivity contribution >= 4 is 24.9 Å². The van der Waals surface area contributed by atoms with Gasteiger partial charge in [-0.1, -0.05) is 62.9 Å². The first kappa shape index (κ1) is 18.1. The largest absolute Gasteiger partial charge is 0.114 e. The summed E-state index contributed by atoms with van der Waals surface area (Å²) in [7, 11) is 0.192. The van der Waals surface area contributed by atoms with E-state index in [4.69, 9.17) is 0 Å². The van der Waals surface area contributed by atoms with Gasteiger partial charge in [-0.15, -0.1) is 24.9 Å². The van der Waals surface area contributed by atoms with Crippen LogP contribution in [-0.2, 0) is 6.42 Å². The van der Waals surface area contributed by atoms with Gasteiger partial charge >= 0.3 is 0 Å². The third-order valence-corrected chi connectivity index (χ3v) is 5.34. The van der Waals surface area contributed by atoms with Crippen LogP contribution in [-0.4, -0.2) is 19.0 Å². The van der Waals surface area contributed by atoms with Crippen LogP contribution in [0.25, 0.3) is 0 Å². The van der Waals surface area contributed by atoms with Gasteiger partial charge in [0.1, 0.15) is 0 Å². The summed E-state index contributed by atoms with van der Waals surface area (Å²) in [5, 5.41) is 0. The van der Waals surface area contributed by atoms with Gasteiger partial charge in [-0.05, 0) is 37.4 Å². The molecule has 1 rings (SSSR count). The third-order valence-electron chi connectivity index (χ3n) is 3.44. The minimum Gasteiger partial charge on any atom is -0.114 e. The molecule has 0 aliphatic rings. The van der Waals surface area contributed by atoms with Crippen LogP contribution in [0, 0.1) is 0 Å². The molecule has 0 aliphatic heterocycles. The van der Waals surface area contributed by atoms with E-state index < -0.39 is 0 Å². The molecule has 0 heterocycles. The maximum Gasteiger partial charge on any atom is -0.0174 e. The summed E-state index contributed by atoms with van der Waals surface area (Å²) in [6, 6.07) is 11.0. The zero-order valence-electron chi connectivity index (χ0n) is 12.1. The Balaban J connectivity index is 0.00000289. The molecule has 104 valence electrons. The Hall–Kier alpha value is 0.130. The highest BCUT2D eigenvalue weighted by atomic mass is 79.9. The molecule has 0 saturated carbocycles. The Morgan fingerprint density at radius 2 is 1.67 bits per heavy atom. The van der Waals surface area contributed by atoms with Crippen molar-refractivity contribution in [2.75, 3.05) is 13.3 Å². The normalized spacial score (nSPS) is 12.2. The van der Waals surface area contributed by atoms with Crippen molar-refractivity contribution in [3.05, 3.63) is 35.9 Å². The minimum atomic E-state index is 0. The second-order valence-electron chi connectivity index (χ2n) is 5.16. The quantitative estimate of drug-likeness (QED) is 0.412. The fraction of sp³-hybridized carbons (Fsp3) is 0.625. The van der Waals surface area contributed by atoms with Crippen molar-refractivity contribution in [1.82, 2.24) is 0 Å². The summed E-state index contributed by atoms with van der Waals surface area (Å²) in [4.78, 5) is 0. The molecule has 0 fully saturated rings. The van der Waals surface area contributed by atoms with Crippen LogP contribution in [0.1, 0.15) is 44.6 Å². The van der Waals surface area contributed by atoms with Gasteiger partial charge in [0.15, 0.2) is 0 Å². The van der Waals surface area contributed by atoms with Gasteiger partial charge in [0, 0.05) is 0 Å². The van der Waals surface area contributed by atoms with Gasteiger partial charge in [0.25, 0.3) is 0 Å². The van der Waals surface area contributed by atoms with Gasteiger partial charge in [0.2, 0.25) is 0 Å². The van der Waals surface area contributed by atoms with E-state index in [0.29, 0.717) is 0 Å². The van der Waals surface area contributed by atoms with Crippen LogP contribution in [0.4, 0.5) is 0 Å². The number of hydrogen-bond acceptors (Lipinski definition) is 0. The molecule has 1 atom stereocenters. The lowest BCUT2D eigenvalue weighted by Gasteiger charge is -2.21. The number of rotatable bonds is 8. The predicted octanol–water partition coefficient (Wildman–Crippen LogP) is 5.89. The molecule has 0 N–H and O–H groups in total. The van der Waals surface area contributed by atoms with E-state index in [2.05, 4.69) is 50.6 Å². The fourth-order valence-electron chi connectivity index (χ4n) is 2.24. The van der Waals surface area contributed by atoms with Crippen molar-refractivity contribution in [2.24, 2.45) is 0 Å². The Labute approximate surface area is 125 Å². The molecule has 1 aromatic carbocycles. The van der Waals surface area contributed by atoms with E-state index in [1.165, 1.54) is 44.1 Å². The van der Waals surface area contributed by atoms with E-state index >= 15 is 0 Å². The smallest absolute Gasteiger partial charge is 0.0174 e. The Morgan fingerprint density at radius 3 is 2.22 bits per heavy atom. The summed E-state index contributed by atoms with van der Waals surface area (Å²) in [6.07, 6.45) is 8.30.